The molecule has 0 aliphatic carbocycles. The van der Waals surface area contributed by atoms with E-state index < -0.39 is 0 Å². The maximum atomic E-state index is 12.3. The van der Waals surface area contributed by atoms with Crippen molar-refractivity contribution in [2.45, 2.75) is 20.4 Å². The number of aryl methyl sites for hydroxylation is 2. The van der Waals surface area contributed by atoms with Gasteiger partial charge in [0.2, 0.25) is 0 Å². The van der Waals surface area contributed by atoms with E-state index in [9.17, 15) is 4.79 Å². The van der Waals surface area contributed by atoms with Gasteiger partial charge in [0.05, 0.1) is 5.52 Å². The average Bonchev–Trinajstić information content (AvgIpc) is 2.88. The Morgan fingerprint density at radius 1 is 1.14 bits per heavy atom. The van der Waals surface area contributed by atoms with Crippen LogP contribution >= 0.6 is 0 Å². The largest absolute Gasteiger partial charge is 0.347 e. The molecule has 0 fully saturated rings. The topological polar surface area (TPSA) is 57.8 Å². The molecule has 0 aliphatic rings. The molecule has 0 saturated heterocycles. The van der Waals surface area contributed by atoms with Crippen molar-refractivity contribution in [2.24, 2.45) is 0 Å². The van der Waals surface area contributed by atoms with E-state index in [0.29, 0.717) is 12.2 Å². The molecule has 1 heterocycles. The van der Waals surface area contributed by atoms with Crippen LogP contribution in [0.2, 0.25) is 0 Å². The number of carbonyl (C=O) groups is 1. The molecule has 0 atom stereocenters. The molecule has 0 radical (unpaired) electrons. The number of aromatic amines is 1. The van der Waals surface area contributed by atoms with E-state index in [4.69, 9.17) is 0 Å². The summed E-state index contributed by atoms with van der Waals surface area (Å²) in [5.41, 5.74) is 4.70. The summed E-state index contributed by atoms with van der Waals surface area (Å²) in [5, 5.41) is 10.8. The Morgan fingerprint density at radius 2 is 1.95 bits per heavy atom. The molecule has 106 valence electrons. The molecule has 0 spiro atoms. The van der Waals surface area contributed by atoms with Gasteiger partial charge in [0.1, 0.15) is 0 Å². The summed E-state index contributed by atoms with van der Waals surface area (Å²) in [5.74, 6) is -0.159. The highest BCUT2D eigenvalue weighted by molar-refractivity contribution is 6.04. The number of fused-ring (bicyclic) bond motifs is 1. The lowest BCUT2D eigenvalue weighted by atomic mass is 10.1. The molecule has 0 bridgehead atoms. The molecule has 1 aromatic heterocycles. The van der Waals surface area contributed by atoms with E-state index in [1.54, 1.807) is 0 Å². The van der Waals surface area contributed by atoms with Crippen LogP contribution in [-0.4, -0.2) is 16.1 Å². The zero-order valence-corrected chi connectivity index (χ0v) is 12.1. The van der Waals surface area contributed by atoms with E-state index >= 15 is 0 Å². The van der Waals surface area contributed by atoms with Crippen LogP contribution in [0.25, 0.3) is 10.9 Å². The summed E-state index contributed by atoms with van der Waals surface area (Å²) in [6.45, 7) is 4.54. The van der Waals surface area contributed by atoms with Gasteiger partial charge in [-0.1, -0.05) is 41.5 Å². The highest BCUT2D eigenvalue weighted by Gasteiger charge is 2.13. The second-order valence-corrected chi connectivity index (χ2v) is 5.29. The molecule has 3 aromatic rings. The van der Waals surface area contributed by atoms with Crippen LogP contribution in [0.15, 0.2) is 42.5 Å². The van der Waals surface area contributed by atoms with Crippen LogP contribution in [0.4, 0.5) is 0 Å². The smallest absolute Gasteiger partial charge is 0.272 e. The molecular formula is C17H17N3O. The van der Waals surface area contributed by atoms with Gasteiger partial charge in [0.15, 0.2) is 5.69 Å². The van der Waals surface area contributed by atoms with Gasteiger partial charge in [-0.25, -0.2) is 0 Å². The van der Waals surface area contributed by atoms with Crippen molar-refractivity contribution < 1.29 is 4.79 Å². The number of hydrogen-bond donors (Lipinski definition) is 2. The van der Waals surface area contributed by atoms with Crippen molar-refractivity contribution in [3.8, 4) is 0 Å². The lowest BCUT2D eigenvalue weighted by Gasteiger charge is -2.05. The maximum Gasteiger partial charge on any atom is 0.272 e. The van der Waals surface area contributed by atoms with Crippen LogP contribution in [0.5, 0.6) is 0 Å². The highest BCUT2D eigenvalue weighted by Crippen LogP contribution is 2.17. The first kappa shape index (κ1) is 13.4. The van der Waals surface area contributed by atoms with E-state index in [1.165, 1.54) is 5.56 Å². The Bertz CT molecular complexity index is 805. The van der Waals surface area contributed by atoms with E-state index in [-0.39, 0.29) is 5.91 Å². The van der Waals surface area contributed by atoms with Crippen molar-refractivity contribution >= 4 is 16.8 Å². The lowest BCUT2D eigenvalue weighted by molar-refractivity contribution is 0.0947. The summed E-state index contributed by atoms with van der Waals surface area (Å²) in [7, 11) is 0. The number of nitrogens with one attached hydrogen (secondary N) is 2. The molecule has 3 rings (SSSR count). The molecule has 2 aromatic carbocycles. The van der Waals surface area contributed by atoms with Crippen LogP contribution in [0.1, 0.15) is 27.2 Å². The number of nitrogens with zero attached hydrogens (tertiary/aromatic N) is 1. The van der Waals surface area contributed by atoms with Gasteiger partial charge in [-0.05, 0) is 31.5 Å². The molecule has 21 heavy (non-hydrogen) atoms. The van der Waals surface area contributed by atoms with Gasteiger partial charge in [0.25, 0.3) is 5.91 Å². The fraction of sp³-hybridized carbons (Fsp3) is 0.176. The summed E-state index contributed by atoms with van der Waals surface area (Å²) >= 11 is 0. The van der Waals surface area contributed by atoms with Gasteiger partial charge in [0, 0.05) is 11.9 Å². The standard InChI is InChI=1S/C17H17N3O/c1-11-4-3-5-13(8-11)10-18-17(21)16-14-9-12(2)6-7-15(14)19-20-16/h3-9H,10H2,1-2H3,(H,18,21)(H,19,20). The third-order valence-corrected chi connectivity index (χ3v) is 3.47. The predicted octanol–water partition coefficient (Wildman–Crippen LogP) is 3.11. The fourth-order valence-corrected chi connectivity index (χ4v) is 2.39. The minimum atomic E-state index is -0.159. The maximum absolute atomic E-state index is 12.3. The SMILES string of the molecule is Cc1cccc(CNC(=O)c2n[nH]c3ccc(C)cc23)c1. The molecule has 4 heteroatoms. The Morgan fingerprint density at radius 3 is 2.76 bits per heavy atom. The Kier molecular flexibility index (Phi) is 3.44. The number of benzene rings is 2. The molecule has 4 nitrogen and oxygen atoms in total. The summed E-state index contributed by atoms with van der Waals surface area (Å²) in [6, 6.07) is 14.0. The summed E-state index contributed by atoms with van der Waals surface area (Å²) in [4.78, 5) is 12.3. The quantitative estimate of drug-likeness (QED) is 0.774. The molecule has 1 amide bonds. The van der Waals surface area contributed by atoms with Gasteiger partial charge < -0.3 is 5.32 Å². The van der Waals surface area contributed by atoms with Crippen molar-refractivity contribution in [3.05, 3.63) is 64.8 Å². The number of aromatic nitrogens is 2. The number of carbonyl (C=O) groups excluding carboxylic acids is 1. The first-order chi connectivity index (χ1) is 10.1. The Hall–Kier alpha value is -2.62. The third kappa shape index (κ3) is 2.79. The Labute approximate surface area is 123 Å². The van der Waals surface area contributed by atoms with Gasteiger partial charge >= 0.3 is 0 Å². The molecule has 2 N–H and O–H groups in total. The second-order valence-electron chi connectivity index (χ2n) is 5.29. The van der Waals surface area contributed by atoms with Gasteiger partial charge in [-0.2, -0.15) is 5.10 Å². The van der Waals surface area contributed by atoms with Crippen LogP contribution < -0.4 is 5.32 Å². The lowest BCUT2D eigenvalue weighted by Crippen LogP contribution is -2.23. The molecule has 0 aliphatic heterocycles. The first-order valence-electron chi connectivity index (χ1n) is 6.92. The fourth-order valence-electron chi connectivity index (χ4n) is 2.39. The summed E-state index contributed by atoms with van der Waals surface area (Å²) < 4.78 is 0. The third-order valence-electron chi connectivity index (χ3n) is 3.47. The van der Waals surface area contributed by atoms with E-state index in [1.807, 2.05) is 50.2 Å². The van der Waals surface area contributed by atoms with Crippen LogP contribution in [0, 0.1) is 13.8 Å². The van der Waals surface area contributed by atoms with Crippen molar-refractivity contribution in [1.29, 1.82) is 0 Å². The number of H-pyrrole nitrogens is 1. The monoisotopic (exact) mass is 279 g/mol. The van der Waals surface area contributed by atoms with Crippen LogP contribution in [0.3, 0.4) is 0 Å². The normalized spacial score (nSPS) is 10.8. The number of hydrogen-bond acceptors (Lipinski definition) is 2. The summed E-state index contributed by atoms with van der Waals surface area (Å²) in [6.07, 6.45) is 0. The number of rotatable bonds is 3. The first-order valence-corrected chi connectivity index (χ1v) is 6.92. The van der Waals surface area contributed by atoms with Crippen molar-refractivity contribution in [1.82, 2.24) is 15.5 Å². The van der Waals surface area contributed by atoms with Crippen molar-refractivity contribution in [2.75, 3.05) is 0 Å². The van der Waals surface area contributed by atoms with Crippen LogP contribution in [-0.2, 0) is 6.54 Å². The van der Waals surface area contributed by atoms with Gasteiger partial charge in [-0.15, -0.1) is 0 Å². The molecule has 0 unspecified atom stereocenters. The molecule has 0 saturated carbocycles. The second kappa shape index (κ2) is 5.40. The minimum Gasteiger partial charge on any atom is -0.347 e. The predicted molar refractivity (Wildman–Crippen MR) is 83.2 cm³/mol. The minimum absolute atomic E-state index is 0.159. The van der Waals surface area contributed by atoms with E-state index in [0.717, 1.165) is 22.0 Å². The zero-order valence-electron chi connectivity index (χ0n) is 12.1. The highest BCUT2D eigenvalue weighted by atomic mass is 16.1. The van der Waals surface area contributed by atoms with Crippen molar-refractivity contribution in [3.63, 3.8) is 0 Å². The zero-order chi connectivity index (χ0) is 14.8. The average molecular weight is 279 g/mol. The Balaban J connectivity index is 1.79. The number of amides is 1. The molecular weight excluding hydrogens is 262 g/mol. The van der Waals surface area contributed by atoms with E-state index in [2.05, 4.69) is 21.6 Å². The van der Waals surface area contributed by atoms with Gasteiger partial charge in [-0.3, -0.25) is 9.89 Å².